The molecule has 2 aromatic rings. The van der Waals surface area contributed by atoms with Crippen molar-refractivity contribution in [3.05, 3.63) is 59.9 Å². The standard InChI is InChI=1S/C17H20N2O/c1-3-17(20)15-6-4-5-7-16(15)19(2)13-10-14-8-11-18-12-9-14/h4-9,11-12H,3,10,13H2,1-2H3. The number of rotatable bonds is 6. The van der Waals surface area contributed by atoms with Crippen LogP contribution in [0.15, 0.2) is 48.8 Å². The molecule has 0 radical (unpaired) electrons. The summed E-state index contributed by atoms with van der Waals surface area (Å²) >= 11 is 0. The lowest BCUT2D eigenvalue weighted by Gasteiger charge is -2.22. The Morgan fingerprint density at radius 2 is 1.85 bits per heavy atom. The normalized spacial score (nSPS) is 10.3. The van der Waals surface area contributed by atoms with E-state index in [-0.39, 0.29) is 5.78 Å². The number of benzene rings is 1. The van der Waals surface area contributed by atoms with Crippen molar-refractivity contribution >= 4 is 11.5 Å². The molecule has 0 atom stereocenters. The van der Waals surface area contributed by atoms with E-state index in [0.29, 0.717) is 6.42 Å². The van der Waals surface area contributed by atoms with Gasteiger partial charge in [-0.25, -0.2) is 0 Å². The van der Waals surface area contributed by atoms with Gasteiger partial charge in [-0.1, -0.05) is 19.1 Å². The summed E-state index contributed by atoms with van der Waals surface area (Å²) in [5.74, 6) is 0.191. The van der Waals surface area contributed by atoms with Crippen molar-refractivity contribution in [3.8, 4) is 0 Å². The van der Waals surface area contributed by atoms with Crippen molar-refractivity contribution in [2.75, 3.05) is 18.5 Å². The topological polar surface area (TPSA) is 33.2 Å². The van der Waals surface area contributed by atoms with Gasteiger partial charge < -0.3 is 4.90 Å². The average molecular weight is 268 g/mol. The highest BCUT2D eigenvalue weighted by molar-refractivity contribution is 6.01. The molecule has 0 amide bonds. The molecule has 20 heavy (non-hydrogen) atoms. The molecule has 0 unspecified atom stereocenters. The molecule has 1 aromatic heterocycles. The maximum absolute atomic E-state index is 12.0. The number of carbonyl (C=O) groups excluding carboxylic acids is 1. The van der Waals surface area contributed by atoms with E-state index in [1.807, 2.05) is 62.8 Å². The predicted molar refractivity (Wildman–Crippen MR) is 82.3 cm³/mol. The van der Waals surface area contributed by atoms with E-state index in [1.165, 1.54) is 5.56 Å². The molecule has 0 spiro atoms. The van der Waals surface area contributed by atoms with Gasteiger partial charge in [0.25, 0.3) is 0 Å². The van der Waals surface area contributed by atoms with Gasteiger partial charge in [0.2, 0.25) is 0 Å². The maximum atomic E-state index is 12.0. The van der Waals surface area contributed by atoms with Crippen molar-refractivity contribution < 1.29 is 4.79 Å². The summed E-state index contributed by atoms with van der Waals surface area (Å²) in [6.45, 7) is 2.77. The lowest BCUT2D eigenvalue weighted by Crippen LogP contribution is -2.22. The number of carbonyl (C=O) groups is 1. The van der Waals surface area contributed by atoms with Crippen molar-refractivity contribution in [1.82, 2.24) is 4.98 Å². The molecule has 0 fully saturated rings. The van der Waals surface area contributed by atoms with E-state index < -0.39 is 0 Å². The minimum atomic E-state index is 0.191. The fourth-order valence-electron chi connectivity index (χ4n) is 2.20. The molecule has 3 heteroatoms. The Bertz CT molecular complexity index is 566. The zero-order valence-corrected chi connectivity index (χ0v) is 12.0. The van der Waals surface area contributed by atoms with E-state index in [0.717, 1.165) is 24.2 Å². The molecule has 2 rings (SSSR count). The number of aromatic nitrogens is 1. The molecule has 0 saturated carbocycles. The van der Waals surface area contributed by atoms with Gasteiger partial charge in [-0.05, 0) is 36.2 Å². The molecule has 0 saturated heterocycles. The van der Waals surface area contributed by atoms with Gasteiger partial charge in [0.1, 0.15) is 0 Å². The summed E-state index contributed by atoms with van der Waals surface area (Å²) in [7, 11) is 2.03. The summed E-state index contributed by atoms with van der Waals surface area (Å²) in [6, 6.07) is 11.9. The van der Waals surface area contributed by atoms with Crippen LogP contribution in [0.2, 0.25) is 0 Å². The number of para-hydroxylation sites is 1. The van der Waals surface area contributed by atoms with Gasteiger partial charge in [-0.15, -0.1) is 0 Å². The number of Topliss-reactive ketones (excluding diaryl/α,β-unsaturated/α-hetero) is 1. The number of nitrogens with zero attached hydrogens (tertiary/aromatic N) is 2. The van der Waals surface area contributed by atoms with Crippen LogP contribution in [0, 0.1) is 0 Å². The smallest absolute Gasteiger partial charge is 0.164 e. The van der Waals surface area contributed by atoms with Crippen molar-refractivity contribution in [3.63, 3.8) is 0 Å². The first kappa shape index (κ1) is 14.3. The monoisotopic (exact) mass is 268 g/mol. The molecule has 0 aliphatic rings. The number of ketones is 1. The van der Waals surface area contributed by atoms with Crippen LogP contribution < -0.4 is 4.90 Å². The first-order valence-electron chi connectivity index (χ1n) is 6.94. The van der Waals surface area contributed by atoms with Gasteiger partial charge >= 0.3 is 0 Å². The van der Waals surface area contributed by atoms with Gasteiger partial charge in [-0.3, -0.25) is 9.78 Å². The van der Waals surface area contributed by atoms with Gasteiger partial charge in [0.15, 0.2) is 5.78 Å². The van der Waals surface area contributed by atoms with E-state index in [2.05, 4.69) is 9.88 Å². The zero-order valence-electron chi connectivity index (χ0n) is 12.0. The van der Waals surface area contributed by atoms with Crippen LogP contribution in [-0.4, -0.2) is 24.4 Å². The molecule has 1 aromatic carbocycles. The third kappa shape index (κ3) is 3.44. The molecule has 0 N–H and O–H groups in total. The Balaban J connectivity index is 2.09. The Kier molecular flexibility index (Phi) is 4.88. The molecule has 1 heterocycles. The number of hydrogen-bond donors (Lipinski definition) is 0. The Labute approximate surface area is 120 Å². The van der Waals surface area contributed by atoms with Gasteiger partial charge in [0, 0.05) is 43.7 Å². The lowest BCUT2D eigenvalue weighted by molar-refractivity contribution is 0.0988. The molecule has 0 aliphatic heterocycles. The third-order valence-electron chi connectivity index (χ3n) is 3.42. The van der Waals surface area contributed by atoms with Crippen LogP contribution in [0.5, 0.6) is 0 Å². The molecule has 0 bridgehead atoms. The summed E-state index contributed by atoms with van der Waals surface area (Å²) in [5, 5.41) is 0. The van der Waals surface area contributed by atoms with Crippen molar-refractivity contribution in [1.29, 1.82) is 0 Å². The largest absolute Gasteiger partial charge is 0.374 e. The second-order valence-electron chi connectivity index (χ2n) is 4.82. The zero-order chi connectivity index (χ0) is 14.4. The third-order valence-corrected chi connectivity index (χ3v) is 3.42. The second-order valence-corrected chi connectivity index (χ2v) is 4.82. The van der Waals surface area contributed by atoms with Crippen molar-refractivity contribution in [2.45, 2.75) is 19.8 Å². The first-order chi connectivity index (χ1) is 9.72. The molecule has 3 nitrogen and oxygen atoms in total. The Morgan fingerprint density at radius 1 is 1.15 bits per heavy atom. The minimum Gasteiger partial charge on any atom is -0.374 e. The number of hydrogen-bond acceptors (Lipinski definition) is 3. The Morgan fingerprint density at radius 3 is 2.55 bits per heavy atom. The van der Waals surface area contributed by atoms with Gasteiger partial charge in [0.05, 0.1) is 0 Å². The Hall–Kier alpha value is -2.16. The molecule has 0 aliphatic carbocycles. The molecular weight excluding hydrogens is 248 g/mol. The van der Waals surface area contributed by atoms with Crippen LogP contribution >= 0.6 is 0 Å². The maximum Gasteiger partial charge on any atom is 0.164 e. The number of pyridine rings is 1. The van der Waals surface area contributed by atoms with Crippen LogP contribution in [0.4, 0.5) is 5.69 Å². The fourth-order valence-corrected chi connectivity index (χ4v) is 2.20. The quantitative estimate of drug-likeness (QED) is 0.753. The van der Waals surface area contributed by atoms with Crippen LogP contribution in [0.3, 0.4) is 0 Å². The average Bonchev–Trinajstić information content (AvgIpc) is 2.52. The van der Waals surface area contributed by atoms with E-state index >= 15 is 0 Å². The van der Waals surface area contributed by atoms with E-state index in [1.54, 1.807) is 0 Å². The summed E-state index contributed by atoms with van der Waals surface area (Å²) in [5.41, 5.74) is 3.08. The summed E-state index contributed by atoms with van der Waals surface area (Å²) in [4.78, 5) is 18.1. The van der Waals surface area contributed by atoms with Gasteiger partial charge in [-0.2, -0.15) is 0 Å². The number of anilines is 1. The fraction of sp³-hybridized carbons (Fsp3) is 0.294. The summed E-state index contributed by atoms with van der Waals surface area (Å²) < 4.78 is 0. The molecular formula is C17H20N2O. The van der Waals surface area contributed by atoms with E-state index in [9.17, 15) is 4.79 Å². The van der Waals surface area contributed by atoms with E-state index in [4.69, 9.17) is 0 Å². The minimum absolute atomic E-state index is 0.191. The summed E-state index contributed by atoms with van der Waals surface area (Å²) in [6.07, 6.45) is 5.09. The highest BCUT2D eigenvalue weighted by atomic mass is 16.1. The van der Waals surface area contributed by atoms with Crippen LogP contribution in [0.1, 0.15) is 29.3 Å². The van der Waals surface area contributed by atoms with Crippen LogP contribution in [-0.2, 0) is 6.42 Å². The highest BCUT2D eigenvalue weighted by Gasteiger charge is 2.12. The molecule has 104 valence electrons. The predicted octanol–water partition coefficient (Wildman–Crippen LogP) is 3.35. The van der Waals surface area contributed by atoms with Crippen molar-refractivity contribution in [2.24, 2.45) is 0 Å². The SMILES string of the molecule is CCC(=O)c1ccccc1N(C)CCc1ccncc1. The van der Waals surface area contributed by atoms with Crippen LogP contribution in [0.25, 0.3) is 0 Å². The number of likely N-dealkylation sites (N-methyl/N-ethyl adjacent to an activating group) is 1. The second kappa shape index (κ2) is 6.85. The first-order valence-corrected chi connectivity index (χ1v) is 6.94. The lowest BCUT2D eigenvalue weighted by atomic mass is 10.1. The highest BCUT2D eigenvalue weighted by Crippen LogP contribution is 2.21.